The fourth-order valence-electron chi connectivity index (χ4n) is 1.27. The molecule has 0 radical (unpaired) electrons. The van der Waals surface area contributed by atoms with Gasteiger partial charge in [-0.05, 0) is 12.1 Å². The van der Waals surface area contributed by atoms with Crippen LogP contribution in [0.25, 0.3) is 0 Å². The molecule has 1 amide bonds. The molecule has 0 saturated carbocycles. The quantitative estimate of drug-likeness (QED) is 0.851. The Morgan fingerprint density at radius 2 is 2.12 bits per heavy atom. The Balaban J connectivity index is 0.00000128. The van der Waals surface area contributed by atoms with Crippen LogP contribution < -0.4 is 10.5 Å². The number of rotatable bonds is 2. The molecule has 1 aromatic carbocycles. The molecular weight excluding hydrogens is 228 g/mol. The van der Waals surface area contributed by atoms with Crippen molar-refractivity contribution in [3.63, 3.8) is 0 Å². The molecule has 1 aromatic rings. The van der Waals surface area contributed by atoms with Crippen LogP contribution in [-0.2, 0) is 4.79 Å². The first-order valence-corrected chi connectivity index (χ1v) is 4.53. The summed E-state index contributed by atoms with van der Waals surface area (Å²) >= 11 is 0. The molecule has 0 atom stereocenters. The van der Waals surface area contributed by atoms with Crippen LogP contribution >= 0.6 is 12.4 Å². The summed E-state index contributed by atoms with van der Waals surface area (Å²) in [6, 6.07) is 7.50. The van der Waals surface area contributed by atoms with Gasteiger partial charge in [-0.3, -0.25) is 9.79 Å². The van der Waals surface area contributed by atoms with E-state index in [1.165, 1.54) is 6.26 Å². The normalized spacial score (nSPS) is 12.6. The number of hydrogen-bond acceptors (Lipinski definition) is 3. The van der Waals surface area contributed by atoms with E-state index in [1.807, 2.05) is 24.3 Å². The number of ether oxygens (including phenoxy) is 1. The van der Waals surface area contributed by atoms with Crippen molar-refractivity contribution in [2.75, 3.05) is 0 Å². The molecule has 0 bridgehead atoms. The number of aliphatic imine (C=N–C) groups is 1. The summed E-state index contributed by atoms with van der Waals surface area (Å²) in [4.78, 5) is 14.8. The Morgan fingerprint density at radius 1 is 1.38 bits per heavy atom. The zero-order valence-corrected chi connectivity index (χ0v) is 9.24. The molecule has 2 N–H and O–H groups in total. The van der Waals surface area contributed by atoms with Gasteiger partial charge in [0.1, 0.15) is 12.0 Å². The van der Waals surface area contributed by atoms with Gasteiger partial charge in [0.15, 0.2) is 0 Å². The van der Waals surface area contributed by atoms with Crippen molar-refractivity contribution in [1.29, 1.82) is 0 Å². The Bertz CT molecular complexity index is 455. The minimum absolute atomic E-state index is 0. The minimum atomic E-state index is -0.423. The fraction of sp³-hybridized carbons (Fsp3) is 0.0909. The number of nitrogens with two attached hydrogens (primary N) is 1. The number of hydrogen-bond donors (Lipinski definition) is 1. The maximum atomic E-state index is 10.7. The standard InChI is InChI=1S/C11H10N2O2.ClH/c12-11(14)5-9-7-15-10-4-2-1-3-8(10)6-13-9;/h1-4,6-7H,5H2,(H2,12,14);1H. The predicted octanol–water partition coefficient (Wildman–Crippen LogP) is 1.64. The third-order valence-electron chi connectivity index (χ3n) is 1.97. The molecule has 0 saturated heterocycles. The Kier molecular flexibility index (Phi) is 4.08. The maximum absolute atomic E-state index is 10.7. The molecule has 4 nitrogen and oxygen atoms in total. The summed E-state index contributed by atoms with van der Waals surface area (Å²) in [5.74, 6) is 0.300. The fourth-order valence-corrected chi connectivity index (χ4v) is 1.27. The zero-order chi connectivity index (χ0) is 10.7. The van der Waals surface area contributed by atoms with Crippen molar-refractivity contribution in [3.8, 4) is 5.75 Å². The highest BCUT2D eigenvalue weighted by atomic mass is 35.5. The molecule has 1 aliphatic rings. The monoisotopic (exact) mass is 238 g/mol. The second-order valence-corrected chi connectivity index (χ2v) is 3.17. The minimum Gasteiger partial charge on any atom is -0.462 e. The number of primary amides is 1. The SMILES string of the molecule is Cl.NC(=O)CC1=COc2ccccc2C=N1. The van der Waals surface area contributed by atoms with Gasteiger partial charge in [0.05, 0.1) is 12.1 Å². The first-order chi connectivity index (χ1) is 7.25. The lowest BCUT2D eigenvalue weighted by Crippen LogP contribution is -2.10. The summed E-state index contributed by atoms with van der Waals surface area (Å²) in [7, 11) is 0. The second-order valence-electron chi connectivity index (χ2n) is 3.17. The van der Waals surface area contributed by atoms with Crippen LogP contribution in [0.1, 0.15) is 12.0 Å². The van der Waals surface area contributed by atoms with E-state index in [0.717, 1.165) is 11.3 Å². The average Bonchev–Trinajstić information content (AvgIpc) is 2.41. The summed E-state index contributed by atoms with van der Waals surface area (Å²) in [6.45, 7) is 0. The van der Waals surface area contributed by atoms with Crippen molar-refractivity contribution in [2.45, 2.75) is 6.42 Å². The number of carbonyl (C=O) groups excluding carboxylic acids is 1. The lowest BCUT2D eigenvalue weighted by atomic mass is 10.2. The van der Waals surface area contributed by atoms with E-state index in [0.29, 0.717) is 5.70 Å². The molecule has 0 unspecified atom stereocenters. The van der Waals surface area contributed by atoms with Crippen LogP contribution in [0.4, 0.5) is 0 Å². The number of para-hydroxylation sites is 1. The first kappa shape index (κ1) is 12.3. The highest BCUT2D eigenvalue weighted by Gasteiger charge is 2.07. The zero-order valence-electron chi connectivity index (χ0n) is 8.42. The van der Waals surface area contributed by atoms with Gasteiger partial charge in [0, 0.05) is 11.8 Å². The summed E-state index contributed by atoms with van der Waals surface area (Å²) in [5.41, 5.74) is 6.48. The maximum Gasteiger partial charge on any atom is 0.223 e. The van der Waals surface area contributed by atoms with Gasteiger partial charge in [-0.2, -0.15) is 0 Å². The van der Waals surface area contributed by atoms with Crippen LogP contribution in [0.2, 0.25) is 0 Å². The molecule has 2 rings (SSSR count). The van der Waals surface area contributed by atoms with Crippen molar-refractivity contribution in [3.05, 3.63) is 41.8 Å². The smallest absolute Gasteiger partial charge is 0.223 e. The van der Waals surface area contributed by atoms with E-state index in [4.69, 9.17) is 10.5 Å². The van der Waals surface area contributed by atoms with Crippen molar-refractivity contribution in [1.82, 2.24) is 0 Å². The summed E-state index contributed by atoms with van der Waals surface area (Å²) in [5, 5.41) is 0. The molecule has 5 heteroatoms. The van der Waals surface area contributed by atoms with Gasteiger partial charge in [0.2, 0.25) is 5.91 Å². The van der Waals surface area contributed by atoms with Gasteiger partial charge in [-0.25, -0.2) is 0 Å². The van der Waals surface area contributed by atoms with Crippen LogP contribution in [0.15, 0.2) is 41.2 Å². The van der Waals surface area contributed by atoms with Crippen LogP contribution in [0.5, 0.6) is 5.75 Å². The number of amides is 1. The third-order valence-corrected chi connectivity index (χ3v) is 1.97. The van der Waals surface area contributed by atoms with E-state index in [9.17, 15) is 4.79 Å². The van der Waals surface area contributed by atoms with E-state index in [2.05, 4.69) is 4.99 Å². The molecular formula is C11H11ClN2O2. The van der Waals surface area contributed by atoms with Crippen molar-refractivity contribution < 1.29 is 9.53 Å². The van der Waals surface area contributed by atoms with Gasteiger partial charge in [0.25, 0.3) is 0 Å². The molecule has 0 aliphatic carbocycles. The number of benzene rings is 1. The van der Waals surface area contributed by atoms with E-state index in [-0.39, 0.29) is 18.8 Å². The number of halogens is 1. The van der Waals surface area contributed by atoms with Gasteiger partial charge in [-0.1, -0.05) is 12.1 Å². The highest BCUT2D eigenvalue weighted by Crippen LogP contribution is 2.20. The van der Waals surface area contributed by atoms with Gasteiger partial charge >= 0.3 is 0 Å². The Labute approximate surface area is 99.2 Å². The van der Waals surface area contributed by atoms with Crippen LogP contribution in [0, 0.1) is 0 Å². The van der Waals surface area contributed by atoms with Crippen LogP contribution in [-0.4, -0.2) is 12.1 Å². The van der Waals surface area contributed by atoms with E-state index < -0.39 is 5.91 Å². The Morgan fingerprint density at radius 3 is 2.88 bits per heavy atom. The molecule has 0 aromatic heterocycles. The summed E-state index contributed by atoms with van der Waals surface area (Å²) < 4.78 is 5.37. The highest BCUT2D eigenvalue weighted by molar-refractivity contribution is 5.86. The molecule has 16 heavy (non-hydrogen) atoms. The second kappa shape index (κ2) is 5.32. The largest absolute Gasteiger partial charge is 0.462 e. The summed E-state index contributed by atoms with van der Waals surface area (Å²) in [6.07, 6.45) is 3.20. The molecule has 1 heterocycles. The van der Waals surface area contributed by atoms with E-state index >= 15 is 0 Å². The van der Waals surface area contributed by atoms with Crippen molar-refractivity contribution in [2.24, 2.45) is 10.7 Å². The molecule has 1 aliphatic heterocycles. The molecule has 0 spiro atoms. The van der Waals surface area contributed by atoms with E-state index in [1.54, 1.807) is 6.21 Å². The average molecular weight is 239 g/mol. The number of fused-ring (bicyclic) bond motifs is 1. The lowest BCUT2D eigenvalue weighted by molar-refractivity contribution is -0.117. The number of nitrogens with zero attached hydrogens (tertiary/aromatic N) is 1. The lowest BCUT2D eigenvalue weighted by Gasteiger charge is -2.00. The molecule has 84 valence electrons. The van der Waals surface area contributed by atoms with Gasteiger partial charge < -0.3 is 10.5 Å². The third kappa shape index (κ3) is 2.84. The predicted molar refractivity (Wildman–Crippen MR) is 63.8 cm³/mol. The Hall–Kier alpha value is -1.81. The first-order valence-electron chi connectivity index (χ1n) is 4.53. The van der Waals surface area contributed by atoms with Crippen LogP contribution in [0.3, 0.4) is 0 Å². The molecule has 0 fully saturated rings. The van der Waals surface area contributed by atoms with Crippen molar-refractivity contribution >= 4 is 24.5 Å². The topological polar surface area (TPSA) is 64.7 Å². The number of carbonyl (C=O) groups is 1. The van der Waals surface area contributed by atoms with Gasteiger partial charge in [-0.15, -0.1) is 12.4 Å².